The molecule has 1 unspecified atom stereocenters. The van der Waals surface area contributed by atoms with Crippen molar-refractivity contribution in [2.75, 3.05) is 12.0 Å². The minimum Gasteiger partial charge on any atom is -0.376 e. The number of halogens is 3. The topological polar surface area (TPSA) is 68.3 Å². The van der Waals surface area contributed by atoms with Gasteiger partial charge in [-0.3, -0.25) is 10.1 Å². The van der Waals surface area contributed by atoms with Crippen molar-refractivity contribution in [1.29, 1.82) is 0 Å². The summed E-state index contributed by atoms with van der Waals surface area (Å²) in [4.78, 5) is 10.5. The highest BCUT2D eigenvalue weighted by molar-refractivity contribution is 7.98. The van der Waals surface area contributed by atoms with Gasteiger partial charge in [-0.05, 0) is 17.9 Å². The van der Waals surface area contributed by atoms with E-state index in [1.54, 1.807) is 24.3 Å². The predicted molar refractivity (Wildman–Crippen MR) is 102 cm³/mol. The van der Waals surface area contributed by atoms with Gasteiger partial charge in [0.15, 0.2) is 5.60 Å². The number of benzene rings is 2. The molecule has 0 spiro atoms. The number of rotatable bonds is 6. The molecule has 0 aliphatic rings. The van der Waals surface area contributed by atoms with Gasteiger partial charge in [-0.2, -0.15) is 24.9 Å². The van der Waals surface area contributed by atoms with Crippen molar-refractivity contribution in [3.05, 3.63) is 76.0 Å². The molecule has 2 aromatic carbocycles. The second-order valence-electron chi connectivity index (χ2n) is 6.41. The molecule has 0 aliphatic heterocycles. The van der Waals surface area contributed by atoms with E-state index in [2.05, 4.69) is 0 Å². The van der Waals surface area contributed by atoms with E-state index in [0.717, 1.165) is 23.4 Å². The van der Waals surface area contributed by atoms with E-state index in [9.17, 15) is 28.4 Å². The van der Waals surface area contributed by atoms with Crippen LogP contribution in [-0.4, -0.2) is 32.8 Å². The summed E-state index contributed by atoms with van der Waals surface area (Å²) in [6.07, 6.45) is -2.18. The Bertz CT molecular complexity index is 1000. The van der Waals surface area contributed by atoms with Crippen LogP contribution in [0.5, 0.6) is 0 Å². The van der Waals surface area contributed by atoms with Crippen LogP contribution < -0.4 is 0 Å². The maximum Gasteiger partial charge on any atom is 0.422 e. The zero-order valence-corrected chi connectivity index (χ0v) is 15.6. The molecule has 1 aromatic heterocycles. The Kier molecular flexibility index (Phi) is 5.40. The van der Waals surface area contributed by atoms with Crippen LogP contribution in [0.1, 0.15) is 11.1 Å². The molecule has 28 heavy (non-hydrogen) atoms. The van der Waals surface area contributed by atoms with Gasteiger partial charge in [0.25, 0.3) is 5.69 Å². The van der Waals surface area contributed by atoms with Crippen LogP contribution in [0.2, 0.25) is 0 Å². The number of nitro benzene ring substituents is 1. The third kappa shape index (κ3) is 3.59. The van der Waals surface area contributed by atoms with Crippen LogP contribution in [-0.2, 0) is 12.1 Å². The lowest BCUT2D eigenvalue weighted by Crippen LogP contribution is -2.44. The SMILES string of the molecule is CSCC(O)(c1cn(Cc2ccccc2)c2cc([N+](=O)[O-])ccc12)C(F)(F)F. The Morgan fingerprint density at radius 1 is 1.18 bits per heavy atom. The van der Waals surface area contributed by atoms with Crippen LogP contribution in [0.3, 0.4) is 0 Å². The van der Waals surface area contributed by atoms with E-state index in [1.807, 2.05) is 6.07 Å². The van der Waals surface area contributed by atoms with Gasteiger partial charge in [0.1, 0.15) is 0 Å². The molecule has 3 rings (SSSR count). The number of nitro groups is 1. The highest BCUT2D eigenvalue weighted by Gasteiger charge is 2.55. The smallest absolute Gasteiger partial charge is 0.376 e. The first-order valence-corrected chi connectivity index (χ1v) is 9.66. The molecule has 0 saturated carbocycles. The summed E-state index contributed by atoms with van der Waals surface area (Å²) >= 11 is 0.873. The maximum atomic E-state index is 13.8. The average Bonchev–Trinajstić information content (AvgIpc) is 3.00. The number of alkyl halides is 3. The van der Waals surface area contributed by atoms with E-state index >= 15 is 0 Å². The molecule has 0 aliphatic carbocycles. The molecule has 0 bridgehead atoms. The van der Waals surface area contributed by atoms with E-state index in [4.69, 9.17) is 0 Å². The molecular weight excluding hydrogens is 393 g/mol. The van der Waals surface area contributed by atoms with Crippen molar-refractivity contribution in [2.24, 2.45) is 0 Å². The lowest BCUT2D eigenvalue weighted by Gasteiger charge is -2.29. The van der Waals surface area contributed by atoms with Crippen LogP contribution in [0.15, 0.2) is 54.7 Å². The van der Waals surface area contributed by atoms with Crippen LogP contribution in [0.25, 0.3) is 10.9 Å². The molecule has 0 saturated heterocycles. The third-order valence-electron chi connectivity index (χ3n) is 4.54. The van der Waals surface area contributed by atoms with Gasteiger partial charge in [0, 0.05) is 41.6 Å². The Morgan fingerprint density at radius 3 is 2.43 bits per heavy atom. The maximum absolute atomic E-state index is 13.8. The normalized spacial score (nSPS) is 14.2. The molecule has 0 amide bonds. The number of aromatic nitrogens is 1. The predicted octanol–water partition coefficient (Wildman–Crippen LogP) is 4.71. The molecule has 9 heteroatoms. The summed E-state index contributed by atoms with van der Waals surface area (Å²) in [5, 5.41) is 21.9. The zero-order valence-electron chi connectivity index (χ0n) is 14.8. The molecule has 1 heterocycles. The molecule has 148 valence electrons. The van der Waals surface area contributed by atoms with Gasteiger partial charge < -0.3 is 9.67 Å². The summed E-state index contributed by atoms with van der Waals surface area (Å²) in [7, 11) is 0. The number of hydrogen-bond acceptors (Lipinski definition) is 4. The minimum absolute atomic E-state index is 0.135. The Morgan fingerprint density at radius 2 is 1.86 bits per heavy atom. The van der Waals surface area contributed by atoms with E-state index in [-0.39, 0.29) is 28.7 Å². The average molecular weight is 410 g/mol. The van der Waals surface area contributed by atoms with Crippen LogP contribution in [0.4, 0.5) is 18.9 Å². The monoisotopic (exact) mass is 410 g/mol. The molecular formula is C19H17F3N2O3S. The number of aliphatic hydroxyl groups is 1. The molecule has 3 aromatic rings. The standard InChI is InChI=1S/C19H17F3N2O3S/c1-28-12-18(25,19(20,21)22)16-11-23(10-13-5-3-2-4-6-13)17-9-14(24(26)27)7-8-15(16)17/h2-9,11,25H,10,12H2,1H3. The second kappa shape index (κ2) is 7.48. The molecule has 5 nitrogen and oxygen atoms in total. The lowest BCUT2D eigenvalue weighted by atomic mass is 9.94. The van der Waals surface area contributed by atoms with Gasteiger partial charge in [-0.15, -0.1) is 0 Å². The first-order valence-electron chi connectivity index (χ1n) is 8.27. The zero-order chi connectivity index (χ0) is 20.5. The first-order chi connectivity index (χ1) is 13.2. The molecule has 0 fully saturated rings. The van der Waals surface area contributed by atoms with Crippen LogP contribution >= 0.6 is 11.8 Å². The quantitative estimate of drug-likeness (QED) is 0.472. The molecule has 1 atom stereocenters. The van der Waals surface area contributed by atoms with E-state index in [1.165, 1.54) is 29.2 Å². The summed E-state index contributed by atoms with van der Waals surface area (Å²) in [5.41, 5.74) is -2.53. The van der Waals surface area contributed by atoms with Crippen molar-refractivity contribution in [3.63, 3.8) is 0 Å². The lowest BCUT2D eigenvalue weighted by molar-refractivity contribution is -0.384. The third-order valence-corrected chi connectivity index (χ3v) is 5.25. The molecule has 0 radical (unpaired) electrons. The van der Waals surface area contributed by atoms with Gasteiger partial charge in [0.05, 0.1) is 10.4 Å². The van der Waals surface area contributed by atoms with Crippen molar-refractivity contribution < 1.29 is 23.2 Å². The number of nitrogens with zero attached hydrogens (tertiary/aromatic N) is 2. The molecule has 1 N–H and O–H groups in total. The number of hydrogen-bond donors (Lipinski definition) is 1. The fourth-order valence-corrected chi connectivity index (χ4v) is 3.89. The van der Waals surface area contributed by atoms with E-state index < -0.39 is 22.5 Å². The Hall–Kier alpha value is -2.52. The van der Waals surface area contributed by atoms with Crippen molar-refractivity contribution in [2.45, 2.75) is 18.3 Å². The Labute approximate surface area is 162 Å². The van der Waals surface area contributed by atoms with Crippen molar-refractivity contribution in [3.8, 4) is 0 Å². The largest absolute Gasteiger partial charge is 0.422 e. The number of non-ortho nitro benzene ring substituents is 1. The Balaban J connectivity index is 2.25. The highest BCUT2D eigenvalue weighted by atomic mass is 32.2. The van der Waals surface area contributed by atoms with Gasteiger partial charge >= 0.3 is 6.18 Å². The van der Waals surface area contributed by atoms with Crippen molar-refractivity contribution in [1.82, 2.24) is 4.57 Å². The van der Waals surface area contributed by atoms with Gasteiger partial charge in [-0.1, -0.05) is 30.3 Å². The summed E-state index contributed by atoms with van der Waals surface area (Å²) in [5.74, 6) is -0.585. The highest BCUT2D eigenvalue weighted by Crippen LogP contribution is 2.44. The van der Waals surface area contributed by atoms with Crippen molar-refractivity contribution >= 4 is 28.4 Å². The van der Waals surface area contributed by atoms with E-state index in [0.29, 0.717) is 0 Å². The van der Waals surface area contributed by atoms with Gasteiger partial charge in [0.2, 0.25) is 0 Å². The second-order valence-corrected chi connectivity index (χ2v) is 7.27. The number of thioether (sulfide) groups is 1. The summed E-state index contributed by atoms with van der Waals surface area (Å²) in [6.45, 7) is 0.214. The fourth-order valence-electron chi connectivity index (χ4n) is 3.16. The summed E-state index contributed by atoms with van der Waals surface area (Å²) in [6, 6.07) is 12.7. The fraction of sp³-hybridized carbons (Fsp3) is 0.263. The van der Waals surface area contributed by atoms with Gasteiger partial charge in [-0.25, -0.2) is 0 Å². The van der Waals surface area contributed by atoms with Crippen LogP contribution in [0, 0.1) is 10.1 Å². The number of fused-ring (bicyclic) bond motifs is 1. The minimum atomic E-state index is -4.90. The first kappa shape index (κ1) is 20.2. The summed E-state index contributed by atoms with van der Waals surface area (Å²) < 4.78 is 42.8.